The number of aryl methyl sites for hydroxylation is 1. The summed E-state index contributed by atoms with van der Waals surface area (Å²) in [5, 5.41) is 3.52. The van der Waals surface area contributed by atoms with Gasteiger partial charge in [0, 0.05) is 12.7 Å². The summed E-state index contributed by atoms with van der Waals surface area (Å²) in [6, 6.07) is 0. The van der Waals surface area contributed by atoms with E-state index in [1.54, 1.807) is 0 Å². The van der Waals surface area contributed by atoms with Gasteiger partial charge in [0.25, 0.3) is 5.78 Å². The van der Waals surface area contributed by atoms with Gasteiger partial charge >= 0.3 is 6.18 Å². The van der Waals surface area contributed by atoms with Crippen LogP contribution in [0.3, 0.4) is 0 Å². The summed E-state index contributed by atoms with van der Waals surface area (Å²) in [5.74, 6) is -1.94. The highest BCUT2D eigenvalue weighted by Crippen LogP contribution is 2.20. The van der Waals surface area contributed by atoms with E-state index in [2.05, 4.69) is 5.10 Å². The van der Waals surface area contributed by atoms with Gasteiger partial charge in [0.05, 0.1) is 18.4 Å². The van der Waals surface area contributed by atoms with Crippen LogP contribution in [0.2, 0.25) is 0 Å². The largest absolute Gasteiger partial charge is 0.454 e. The van der Waals surface area contributed by atoms with E-state index in [9.17, 15) is 22.4 Å². The van der Waals surface area contributed by atoms with Crippen LogP contribution in [0.4, 0.5) is 17.6 Å². The molecule has 0 aliphatic carbocycles. The average molecular weight is 224 g/mol. The van der Waals surface area contributed by atoms with E-state index in [1.807, 2.05) is 0 Å². The van der Waals surface area contributed by atoms with Gasteiger partial charge in [-0.15, -0.1) is 0 Å². The van der Waals surface area contributed by atoms with Crippen LogP contribution in [-0.4, -0.2) is 28.4 Å². The first kappa shape index (κ1) is 11.7. The number of carbonyl (C=O) groups is 1. The molecule has 1 aromatic heterocycles. The Bertz CT molecular complexity index is 345. The van der Waals surface area contributed by atoms with Crippen molar-refractivity contribution in [2.45, 2.75) is 19.1 Å². The van der Waals surface area contributed by atoms with Crippen molar-refractivity contribution in [2.75, 3.05) is 6.67 Å². The van der Waals surface area contributed by atoms with E-state index in [0.29, 0.717) is 0 Å². The molecule has 0 bridgehead atoms. The van der Waals surface area contributed by atoms with Crippen molar-refractivity contribution in [3.05, 3.63) is 18.0 Å². The zero-order valence-electron chi connectivity index (χ0n) is 7.59. The van der Waals surface area contributed by atoms with Gasteiger partial charge in [-0.3, -0.25) is 13.9 Å². The number of halogens is 4. The maximum absolute atomic E-state index is 11.9. The van der Waals surface area contributed by atoms with Crippen LogP contribution in [-0.2, 0) is 6.54 Å². The van der Waals surface area contributed by atoms with Crippen LogP contribution in [0.25, 0.3) is 0 Å². The second-order valence-electron chi connectivity index (χ2n) is 2.86. The molecule has 0 unspecified atom stereocenters. The molecule has 7 heteroatoms. The molecule has 0 aromatic carbocycles. The molecule has 0 amide bonds. The summed E-state index contributed by atoms with van der Waals surface area (Å²) < 4.78 is 48.7. The van der Waals surface area contributed by atoms with Crippen molar-refractivity contribution in [3.63, 3.8) is 0 Å². The summed E-state index contributed by atoms with van der Waals surface area (Å²) in [7, 11) is 0. The second-order valence-corrected chi connectivity index (χ2v) is 2.86. The van der Waals surface area contributed by atoms with Gasteiger partial charge in [-0.05, 0) is 6.42 Å². The molecule has 0 atom stereocenters. The van der Waals surface area contributed by atoms with Crippen molar-refractivity contribution in [1.82, 2.24) is 9.78 Å². The number of Topliss-reactive ketones (excluding diaryl/α,β-unsaturated/α-hetero) is 1. The number of alkyl halides is 4. The van der Waals surface area contributed by atoms with Crippen LogP contribution in [0.1, 0.15) is 16.8 Å². The lowest BCUT2D eigenvalue weighted by molar-refractivity contribution is -0.0885. The third-order valence-electron chi connectivity index (χ3n) is 1.67. The lowest BCUT2D eigenvalue weighted by Crippen LogP contribution is -2.22. The summed E-state index contributed by atoms with van der Waals surface area (Å²) in [4.78, 5) is 10.7. The van der Waals surface area contributed by atoms with E-state index in [4.69, 9.17) is 0 Å². The quantitative estimate of drug-likeness (QED) is 0.579. The second kappa shape index (κ2) is 4.41. The van der Waals surface area contributed by atoms with E-state index < -0.39 is 24.2 Å². The molecule has 0 aliphatic heterocycles. The molecule has 1 aromatic rings. The minimum absolute atomic E-state index is 0.154. The van der Waals surface area contributed by atoms with E-state index >= 15 is 0 Å². The third kappa shape index (κ3) is 3.03. The lowest BCUT2D eigenvalue weighted by atomic mass is 10.2. The van der Waals surface area contributed by atoms with Crippen LogP contribution in [0.15, 0.2) is 12.4 Å². The Morgan fingerprint density at radius 3 is 2.67 bits per heavy atom. The van der Waals surface area contributed by atoms with Gasteiger partial charge in [-0.2, -0.15) is 18.3 Å². The van der Waals surface area contributed by atoms with Gasteiger partial charge in [0.2, 0.25) is 0 Å². The number of carbonyl (C=O) groups excluding carboxylic acids is 1. The summed E-state index contributed by atoms with van der Waals surface area (Å²) in [6.45, 7) is -0.427. The standard InChI is InChI=1S/C8H8F4N2O/c9-2-1-3-14-5-6(4-13-14)7(15)8(10,11)12/h4-5H,1-3H2. The van der Waals surface area contributed by atoms with E-state index in [-0.39, 0.29) is 13.0 Å². The third-order valence-corrected chi connectivity index (χ3v) is 1.67. The SMILES string of the molecule is O=C(c1cnn(CCCF)c1)C(F)(F)F. The molecule has 0 spiro atoms. The molecular formula is C8H8F4N2O. The van der Waals surface area contributed by atoms with Crippen molar-refractivity contribution in [1.29, 1.82) is 0 Å². The topological polar surface area (TPSA) is 34.9 Å². The zero-order chi connectivity index (χ0) is 11.5. The van der Waals surface area contributed by atoms with Crippen molar-refractivity contribution in [3.8, 4) is 0 Å². The Labute approximate surface area is 82.7 Å². The normalized spacial score (nSPS) is 11.7. The monoisotopic (exact) mass is 224 g/mol. The van der Waals surface area contributed by atoms with Crippen molar-refractivity contribution < 1.29 is 22.4 Å². The molecule has 0 aliphatic rings. The van der Waals surface area contributed by atoms with Crippen LogP contribution < -0.4 is 0 Å². The highest BCUT2D eigenvalue weighted by Gasteiger charge is 2.39. The molecule has 0 radical (unpaired) electrons. The predicted octanol–water partition coefficient (Wildman–Crippen LogP) is 1.99. The summed E-state index contributed by atoms with van der Waals surface area (Å²) in [6.07, 6.45) is -2.95. The van der Waals surface area contributed by atoms with Crippen LogP contribution >= 0.6 is 0 Å². The maximum Gasteiger partial charge on any atom is 0.454 e. The van der Waals surface area contributed by atoms with Crippen LogP contribution in [0, 0.1) is 0 Å². The van der Waals surface area contributed by atoms with E-state index in [1.165, 1.54) is 0 Å². The van der Waals surface area contributed by atoms with Crippen LogP contribution in [0.5, 0.6) is 0 Å². The molecule has 0 saturated heterocycles. The number of aromatic nitrogens is 2. The fourth-order valence-corrected chi connectivity index (χ4v) is 0.989. The lowest BCUT2D eigenvalue weighted by Gasteiger charge is -2.01. The highest BCUT2D eigenvalue weighted by atomic mass is 19.4. The fraction of sp³-hybridized carbons (Fsp3) is 0.500. The Morgan fingerprint density at radius 1 is 1.47 bits per heavy atom. The number of hydrogen-bond acceptors (Lipinski definition) is 2. The Morgan fingerprint density at radius 2 is 2.13 bits per heavy atom. The molecular weight excluding hydrogens is 216 g/mol. The molecule has 0 N–H and O–H groups in total. The van der Waals surface area contributed by atoms with Gasteiger partial charge < -0.3 is 0 Å². The Kier molecular flexibility index (Phi) is 3.43. The van der Waals surface area contributed by atoms with Gasteiger partial charge in [0.1, 0.15) is 0 Å². The summed E-state index contributed by atoms with van der Waals surface area (Å²) in [5.41, 5.74) is -0.527. The van der Waals surface area contributed by atoms with Crippen molar-refractivity contribution in [2.24, 2.45) is 0 Å². The zero-order valence-corrected chi connectivity index (χ0v) is 7.59. The summed E-state index contributed by atoms with van der Waals surface area (Å²) >= 11 is 0. The minimum atomic E-state index is -4.89. The molecule has 15 heavy (non-hydrogen) atoms. The van der Waals surface area contributed by atoms with Crippen molar-refractivity contribution >= 4 is 5.78 Å². The first-order valence-corrected chi connectivity index (χ1v) is 4.15. The molecule has 1 rings (SSSR count). The maximum atomic E-state index is 11.9. The first-order chi connectivity index (χ1) is 6.95. The van der Waals surface area contributed by atoms with Gasteiger partial charge in [0.15, 0.2) is 0 Å². The van der Waals surface area contributed by atoms with Gasteiger partial charge in [-0.25, -0.2) is 0 Å². The van der Waals surface area contributed by atoms with Gasteiger partial charge in [-0.1, -0.05) is 0 Å². The smallest absolute Gasteiger partial charge is 0.284 e. The Hall–Kier alpha value is -1.40. The minimum Gasteiger partial charge on any atom is -0.284 e. The fourth-order valence-electron chi connectivity index (χ4n) is 0.989. The molecule has 3 nitrogen and oxygen atoms in total. The first-order valence-electron chi connectivity index (χ1n) is 4.15. The molecule has 1 heterocycles. The molecule has 0 saturated carbocycles. The van der Waals surface area contributed by atoms with E-state index in [0.717, 1.165) is 17.1 Å². The number of rotatable bonds is 4. The number of hydrogen-bond donors (Lipinski definition) is 0. The number of nitrogens with zero attached hydrogens (tertiary/aromatic N) is 2. The average Bonchev–Trinajstić information content (AvgIpc) is 2.60. The highest BCUT2D eigenvalue weighted by molar-refractivity contribution is 5.99. The Balaban J connectivity index is 2.72. The molecule has 0 fully saturated rings. The molecule has 84 valence electrons. The predicted molar refractivity (Wildman–Crippen MR) is 43.2 cm³/mol. The number of ketones is 1.